The van der Waals surface area contributed by atoms with Crippen LogP contribution in [-0.2, 0) is 0 Å². The molecule has 72 valence electrons. The van der Waals surface area contributed by atoms with Crippen molar-refractivity contribution in [2.24, 2.45) is 5.73 Å². The van der Waals surface area contributed by atoms with Crippen molar-refractivity contribution in [2.45, 2.75) is 45.1 Å². The van der Waals surface area contributed by atoms with E-state index in [1.165, 1.54) is 45.2 Å². The van der Waals surface area contributed by atoms with Crippen LogP contribution in [0, 0.1) is 0 Å². The zero-order chi connectivity index (χ0) is 8.81. The second kappa shape index (κ2) is 5.55. The van der Waals surface area contributed by atoms with Gasteiger partial charge in [-0.3, -0.25) is 0 Å². The van der Waals surface area contributed by atoms with Crippen LogP contribution in [0.15, 0.2) is 0 Å². The van der Waals surface area contributed by atoms with Gasteiger partial charge in [-0.2, -0.15) is 0 Å². The Hall–Kier alpha value is -0.0800. The normalized spacial score (nSPS) is 25.0. The average molecular weight is 170 g/mol. The molecule has 1 aliphatic heterocycles. The molecule has 0 aromatic carbocycles. The fraction of sp³-hybridized carbons (Fsp3) is 1.00. The first kappa shape index (κ1) is 10.0. The third-order valence-electron chi connectivity index (χ3n) is 2.64. The molecular formula is C10H22N2. The molecule has 12 heavy (non-hydrogen) atoms. The first-order valence-electron chi connectivity index (χ1n) is 5.31. The number of unbranched alkanes of at least 4 members (excludes halogenated alkanes) is 3. The summed E-state index contributed by atoms with van der Waals surface area (Å²) >= 11 is 0. The fourth-order valence-electron chi connectivity index (χ4n) is 1.83. The van der Waals surface area contributed by atoms with Gasteiger partial charge in [-0.15, -0.1) is 0 Å². The summed E-state index contributed by atoms with van der Waals surface area (Å²) in [5.41, 5.74) is 5.81. The SMILES string of the molecule is CCCCCCN1CC[C@@H](N)C1. The highest BCUT2D eigenvalue weighted by atomic mass is 15.2. The summed E-state index contributed by atoms with van der Waals surface area (Å²) in [6, 6.07) is 0.455. The molecule has 0 aromatic rings. The van der Waals surface area contributed by atoms with Crippen molar-refractivity contribution in [2.75, 3.05) is 19.6 Å². The van der Waals surface area contributed by atoms with E-state index in [0.717, 1.165) is 6.54 Å². The number of rotatable bonds is 5. The second-order valence-electron chi connectivity index (χ2n) is 3.91. The highest BCUT2D eigenvalue weighted by molar-refractivity contribution is 4.77. The van der Waals surface area contributed by atoms with Gasteiger partial charge in [-0.1, -0.05) is 26.2 Å². The first-order valence-corrected chi connectivity index (χ1v) is 5.31. The van der Waals surface area contributed by atoms with E-state index in [9.17, 15) is 0 Å². The van der Waals surface area contributed by atoms with E-state index in [1.807, 2.05) is 0 Å². The molecule has 2 nitrogen and oxygen atoms in total. The summed E-state index contributed by atoms with van der Waals surface area (Å²) in [6.45, 7) is 5.89. The van der Waals surface area contributed by atoms with Crippen molar-refractivity contribution in [1.82, 2.24) is 4.90 Å². The molecule has 0 unspecified atom stereocenters. The van der Waals surface area contributed by atoms with E-state index in [-0.39, 0.29) is 0 Å². The predicted octanol–water partition coefficient (Wildman–Crippen LogP) is 1.60. The Morgan fingerprint density at radius 1 is 1.33 bits per heavy atom. The maximum Gasteiger partial charge on any atom is 0.0180 e. The second-order valence-corrected chi connectivity index (χ2v) is 3.91. The molecule has 0 bridgehead atoms. The Kier molecular flexibility index (Phi) is 4.62. The number of likely N-dealkylation sites (tertiary alicyclic amines) is 1. The Bertz CT molecular complexity index is 114. The largest absolute Gasteiger partial charge is 0.326 e. The van der Waals surface area contributed by atoms with Crippen molar-refractivity contribution >= 4 is 0 Å². The van der Waals surface area contributed by atoms with Gasteiger partial charge in [0, 0.05) is 12.6 Å². The number of nitrogens with two attached hydrogens (primary N) is 1. The highest BCUT2D eigenvalue weighted by Gasteiger charge is 2.17. The van der Waals surface area contributed by atoms with Gasteiger partial charge in [0.15, 0.2) is 0 Å². The highest BCUT2D eigenvalue weighted by Crippen LogP contribution is 2.08. The lowest BCUT2D eigenvalue weighted by molar-refractivity contribution is 0.324. The Morgan fingerprint density at radius 3 is 2.75 bits per heavy atom. The molecule has 0 amide bonds. The lowest BCUT2D eigenvalue weighted by Gasteiger charge is -2.14. The van der Waals surface area contributed by atoms with Gasteiger partial charge in [-0.25, -0.2) is 0 Å². The van der Waals surface area contributed by atoms with E-state index in [4.69, 9.17) is 5.73 Å². The van der Waals surface area contributed by atoms with Gasteiger partial charge in [0.1, 0.15) is 0 Å². The van der Waals surface area contributed by atoms with Gasteiger partial charge < -0.3 is 10.6 Å². The van der Waals surface area contributed by atoms with E-state index in [1.54, 1.807) is 0 Å². The van der Waals surface area contributed by atoms with E-state index >= 15 is 0 Å². The van der Waals surface area contributed by atoms with E-state index in [0.29, 0.717) is 6.04 Å². The van der Waals surface area contributed by atoms with Crippen LogP contribution in [0.4, 0.5) is 0 Å². The zero-order valence-corrected chi connectivity index (χ0v) is 8.26. The number of hydrogen-bond acceptors (Lipinski definition) is 2. The maximum atomic E-state index is 5.81. The van der Waals surface area contributed by atoms with Crippen LogP contribution in [0.25, 0.3) is 0 Å². The monoisotopic (exact) mass is 170 g/mol. The molecule has 2 N–H and O–H groups in total. The van der Waals surface area contributed by atoms with E-state index in [2.05, 4.69) is 11.8 Å². The van der Waals surface area contributed by atoms with Gasteiger partial charge in [0.05, 0.1) is 0 Å². The quantitative estimate of drug-likeness (QED) is 0.635. The number of hydrogen-bond donors (Lipinski definition) is 1. The van der Waals surface area contributed by atoms with Crippen LogP contribution in [-0.4, -0.2) is 30.6 Å². The molecule has 0 saturated carbocycles. The minimum absolute atomic E-state index is 0.455. The Balaban J connectivity index is 1.93. The van der Waals surface area contributed by atoms with Crippen LogP contribution < -0.4 is 5.73 Å². The summed E-state index contributed by atoms with van der Waals surface area (Å²) in [5, 5.41) is 0. The molecule has 1 saturated heterocycles. The summed E-state index contributed by atoms with van der Waals surface area (Å²) in [7, 11) is 0. The minimum Gasteiger partial charge on any atom is -0.326 e. The molecule has 2 heteroatoms. The molecule has 1 heterocycles. The third-order valence-corrected chi connectivity index (χ3v) is 2.64. The van der Waals surface area contributed by atoms with Crippen molar-refractivity contribution in [3.8, 4) is 0 Å². The van der Waals surface area contributed by atoms with Crippen molar-refractivity contribution < 1.29 is 0 Å². The molecular weight excluding hydrogens is 148 g/mol. The van der Waals surface area contributed by atoms with Gasteiger partial charge in [0.2, 0.25) is 0 Å². The Labute approximate surface area is 76.1 Å². The predicted molar refractivity (Wildman–Crippen MR) is 53.2 cm³/mol. The van der Waals surface area contributed by atoms with Crippen molar-refractivity contribution in [3.05, 3.63) is 0 Å². The first-order chi connectivity index (χ1) is 5.83. The zero-order valence-electron chi connectivity index (χ0n) is 8.26. The standard InChI is InChI=1S/C10H22N2/c1-2-3-4-5-7-12-8-6-10(11)9-12/h10H,2-9,11H2,1H3/t10-/m1/s1. The Morgan fingerprint density at radius 2 is 2.17 bits per heavy atom. The molecule has 1 fully saturated rings. The summed E-state index contributed by atoms with van der Waals surface area (Å²) in [6.07, 6.45) is 6.68. The smallest absolute Gasteiger partial charge is 0.0180 e. The molecule has 1 aliphatic rings. The molecule has 1 atom stereocenters. The van der Waals surface area contributed by atoms with Crippen LogP contribution in [0.3, 0.4) is 0 Å². The van der Waals surface area contributed by atoms with Crippen LogP contribution in [0.2, 0.25) is 0 Å². The topological polar surface area (TPSA) is 29.3 Å². The molecule has 1 rings (SSSR count). The van der Waals surface area contributed by atoms with Crippen LogP contribution in [0.5, 0.6) is 0 Å². The number of nitrogens with zero attached hydrogens (tertiary/aromatic N) is 1. The van der Waals surface area contributed by atoms with Gasteiger partial charge in [0.25, 0.3) is 0 Å². The van der Waals surface area contributed by atoms with Crippen molar-refractivity contribution in [1.29, 1.82) is 0 Å². The lowest BCUT2D eigenvalue weighted by Crippen LogP contribution is -2.27. The molecule has 0 spiro atoms. The molecule has 0 aromatic heterocycles. The lowest BCUT2D eigenvalue weighted by atomic mass is 10.2. The van der Waals surface area contributed by atoms with E-state index < -0.39 is 0 Å². The average Bonchev–Trinajstić information content (AvgIpc) is 2.45. The van der Waals surface area contributed by atoms with Crippen LogP contribution in [0.1, 0.15) is 39.0 Å². The summed E-state index contributed by atoms with van der Waals surface area (Å²) in [4.78, 5) is 2.50. The summed E-state index contributed by atoms with van der Waals surface area (Å²) < 4.78 is 0. The molecule has 0 radical (unpaired) electrons. The third kappa shape index (κ3) is 3.55. The van der Waals surface area contributed by atoms with Crippen molar-refractivity contribution in [3.63, 3.8) is 0 Å². The minimum atomic E-state index is 0.455. The van der Waals surface area contributed by atoms with Gasteiger partial charge in [-0.05, 0) is 25.9 Å². The van der Waals surface area contributed by atoms with Gasteiger partial charge >= 0.3 is 0 Å². The molecule has 0 aliphatic carbocycles. The van der Waals surface area contributed by atoms with Crippen LogP contribution >= 0.6 is 0 Å². The maximum absolute atomic E-state index is 5.81. The summed E-state index contributed by atoms with van der Waals surface area (Å²) in [5.74, 6) is 0. The fourth-order valence-corrected chi connectivity index (χ4v) is 1.83.